The monoisotopic (exact) mass is 320 g/mol. The van der Waals surface area contributed by atoms with Crippen molar-refractivity contribution >= 4 is 27.6 Å². The third-order valence-corrected chi connectivity index (χ3v) is 3.28. The quantitative estimate of drug-likeness (QED) is 0.905. The molecular weight excluding hydrogens is 308 g/mol. The number of nitrogens with one attached hydrogen (secondary N) is 1. The van der Waals surface area contributed by atoms with E-state index in [1.54, 1.807) is 18.2 Å². The largest absolute Gasteiger partial charge is 0.478 e. The molecule has 0 saturated carbocycles. The highest BCUT2D eigenvalue weighted by Crippen LogP contribution is 2.24. The van der Waals surface area contributed by atoms with Gasteiger partial charge in [-0.25, -0.2) is 4.79 Å². The van der Waals surface area contributed by atoms with E-state index in [-0.39, 0.29) is 5.56 Å². The number of aromatic nitrogens is 1. The Kier molecular flexibility index (Phi) is 4.16. The van der Waals surface area contributed by atoms with Crippen LogP contribution < -0.4 is 5.32 Å². The van der Waals surface area contributed by atoms with Crippen LogP contribution >= 0.6 is 15.9 Å². The molecule has 0 spiro atoms. The molecule has 98 valence electrons. The van der Waals surface area contributed by atoms with Gasteiger partial charge in [0.15, 0.2) is 0 Å². The molecule has 1 aromatic carbocycles. The minimum absolute atomic E-state index is 0.256. The fourth-order valence-electron chi connectivity index (χ4n) is 1.68. The van der Waals surface area contributed by atoms with Gasteiger partial charge in [0.05, 0.1) is 17.8 Å². The number of pyridine rings is 1. The molecule has 19 heavy (non-hydrogen) atoms. The Bertz CT molecular complexity index is 614. The minimum Gasteiger partial charge on any atom is -0.478 e. The van der Waals surface area contributed by atoms with Gasteiger partial charge in [-0.15, -0.1) is 0 Å². The molecule has 4 nitrogen and oxygen atoms in total. The summed E-state index contributed by atoms with van der Waals surface area (Å²) in [5.74, 6) is -0.937. The zero-order valence-electron chi connectivity index (χ0n) is 10.4. The van der Waals surface area contributed by atoms with Crippen molar-refractivity contribution in [1.82, 2.24) is 4.98 Å². The van der Waals surface area contributed by atoms with Crippen LogP contribution in [0.15, 0.2) is 40.9 Å². The van der Waals surface area contributed by atoms with Crippen LogP contribution in [0.2, 0.25) is 0 Å². The molecule has 5 heteroatoms. The van der Waals surface area contributed by atoms with Gasteiger partial charge in [0.2, 0.25) is 0 Å². The second-order valence-electron chi connectivity index (χ2n) is 4.12. The highest BCUT2D eigenvalue weighted by Gasteiger charge is 2.06. The Morgan fingerprint density at radius 2 is 2.16 bits per heavy atom. The van der Waals surface area contributed by atoms with Crippen molar-refractivity contribution in [3.8, 4) is 0 Å². The first-order valence-corrected chi connectivity index (χ1v) is 6.55. The third-order valence-electron chi connectivity index (χ3n) is 2.62. The fraction of sp³-hybridized carbons (Fsp3) is 0.143. The van der Waals surface area contributed by atoms with Crippen LogP contribution in [0, 0.1) is 6.92 Å². The number of carboxylic acid groups (broad SMARTS) is 1. The normalized spacial score (nSPS) is 10.2. The second kappa shape index (κ2) is 5.84. The summed E-state index contributed by atoms with van der Waals surface area (Å²) in [6.45, 7) is 2.54. The number of halogens is 1. The van der Waals surface area contributed by atoms with Crippen LogP contribution in [-0.4, -0.2) is 16.1 Å². The molecule has 0 bridgehead atoms. The lowest BCUT2D eigenvalue weighted by atomic mass is 10.2. The lowest BCUT2D eigenvalue weighted by molar-refractivity contribution is 0.0697. The summed E-state index contributed by atoms with van der Waals surface area (Å²) >= 11 is 3.36. The van der Waals surface area contributed by atoms with Crippen molar-refractivity contribution < 1.29 is 9.90 Å². The minimum atomic E-state index is -0.937. The standard InChI is InChI=1S/C14H13BrN2O2/c1-9-3-2-4-11(17-9)8-16-13-6-5-10(14(18)19)7-12(13)15/h2-7,16H,8H2,1H3,(H,18,19). The molecule has 2 N–H and O–H groups in total. The van der Waals surface area contributed by atoms with E-state index < -0.39 is 5.97 Å². The van der Waals surface area contributed by atoms with Gasteiger partial charge in [-0.3, -0.25) is 4.98 Å². The van der Waals surface area contributed by atoms with E-state index in [1.807, 2.05) is 25.1 Å². The highest BCUT2D eigenvalue weighted by atomic mass is 79.9. The van der Waals surface area contributed by atoms with Crippen LogP contribution in [0.5, 0.6) is 0 Å². The van der Waals surface area contributed by atoms with Crippen molar-refractivity contribution in [2.75, 3.05) is 5.32 Å². The Balaban J connectivity index is 2.10. The first kappa shape index (κ1) is 13.5. The molecule has 0 unspecified atom stereocenters. The first-order chi connectivity index (χ1) is 9.06. The predicted octanol–water partition coefficient (Wildman–Crippen LogP) is 3.46. The third kappa shape index (κ3) is 3.54. The maximum absolute atomic E-state index is 10.8. The number of aryl methyl sites for hydroxylation is 1. The van der Waals surface area contributed by atoms with Gasteiger partial charge in [0.25, 0.3) is 0 Å². The SMILES string of the molecule is Cc1cccc(CNc2ccc(C(=O)O)cc2Br)n1. The van der Waals surface area contributed by atoms with Gasteiger partial charge in [-0.1, -0.05) is 6.07 Å². The van der Waals surface area contributed by atoms with Gasteiger partial charge >= 0.3 is 5.97 Å². The van der Waals surface area contributed by atoms with Crippen molar-refractivity contribution in [1.29, 1.82) is 0 Å². The van der Waals surface area contributed by atoms with E-state index in [0.29, 0.717) is 6.54 Å². The summed E-state index contributed by atoms with van der Waals surface area (Å²) in [5, 5.41) is 12.1. The van der Waals surface area contributed by atoms with E-state index in [9.17, 15) is 4.79 Å². The molecule has 1 heterocycles. The number of anilines is 1. The van der Waals surface area contributed by atoms with Crippen LogP contribution in [0.25, 0.3) is 0 Å². The smallest absolute Gasteiger partial charge is 0.335 e. The number of rotatable bonds is 4. The molecule has 2 aromatic rings. The van der Waals surface area contributed by atoms with Crippen LogP contribution in [0.4, 0.5) is 5.69 Å². The number of carbonyl (C=O) groups is 1. The van der Waals surface area contributed by atoms with E-state index in [4.69, 9.17) is 5.11 Å². The molecule has 0 aliphatic rings. The van der Waals surface area contributed by atoms with Crippen molar-refractivity contribution in [2.24, 2.45) is 0 Å². The summed E-state index contributed by atoms with van der Waals surface area (Å²) < 4.78 is 0.722. The molecule has 1 aromatic heterocycles. The summed E-state index contributed by atoms with van der Waals surface area (Å²) in [6.07, 6.45) is 0. The maximum Gasteiger partial charge on any atom is 0.335 e. The van der Waals surface area contributed by atoms with Crippen molar-refractivity contribution in [3.05, 3.63) is 57.8 Å². The Morgan fingerprint density at radius 1 is 1.37 bits per heavy atom. The predicted molar refractivity (Wildman–Crippen MR) is 77.4 cm³/mol. The maximum atomic E-state index is 10.8. The molecule has 0 aliphatic carbocycles. The molecule has 0 atom stereocenters. The van der Waals surface area contributed by atoms with E-state index in [2.05, 4.69) is 26.2 Å². The van der Waals surface area contributed by atoms with Gasteiger partial charge in [0.1, 0.15) is 0 Å². The molecule has 0 saturated heterocycles. The average molecular weight is 321 g/mol. The molecule has 0 fully saturated rings. The summed E-state index contributed by atoms with van der Waals surface area (Å²) in [7, 11) is 0. The zero-order valence-corrected chi connectivity index (χ0v) is 11.9. The molecular formula is C14H13BrN2O2. The van der Waals surface area contributed by atoms with E-state index >= 15 is 0 Å². The van der Waals surface area contributed by atoms with Gasteiger partial charge in [0, 0.05) is 15.9 Å². The summed E-state index contributed by atoms with van der Waals surface area (Å²) in [4.78, 5) is 15.2. The summed E-state index contributed by atoms with van der Waals surface area (Å²) in [5.41, 5.74) is 3.01. The second-order valence-corrected chi connectivity index (χ2v) is 4.98. The Labute approximate surface area is 119 Å². The average Bonchev–Trinajstić information content (AvgIpc) is 2.37. The molecule has 0 aliphatic heterocycles. The topological polar surface area (TPSA) is 62.2 Å². The van der Waals surface area contributed by atoms with Gasteiger partial charge in [-0.2, -0.15) is 0 Å². The van der Waals surface area contributed by atoms with E-state index in [1.165, 1.54) is 0 Å². The van der Waals surface area contributed by atoms with Gasteiger partial charge in [-0.05, 0) is 53.2 Å². The fourth-order valence-corrected chi connectivity index (χ4v) is 2.19. The number of benzene rings is 1. The van der Waals surface area contributed by atoms with Crippen molar-refractivity contribution in [2.45, 2.75) is 13.5 Å². The van der Waals surface area contributed by atoms with Gasteiger partial charge < -0.3 is 10.4 Å². The number of aromatic carboxylic acids is 1. The van der Waals surface area contributed by atoms with Crippen LogP contribution in [0.3, 0.4) is 0 Å². The first-order valence-electron chi connectivity index (χ1n) is 5.75. The Hall–Kier alpha value is -1.88. The molecule has 0 radical (unpaired) electrons. The highest BCUT2D eigenvalue weighted by molar-refractivity contribution is 9.10. The summed E-state index contributed by atoms with van der Waals surface area (Å²) in [6, 6.07) is 10.7. The number of hydrogen-bond acceptors (Lipinski definition) is 3. The Morgan fingerprint density at radius 3 is 2.79 bits per heavy atom. The number of carboxylic acids is 1. The lowest BCUT2D eigenvalue weighted by Gasteiger charge is -2.09. The molecule has 0 amide bonds. The van der Waals surface area contributed by atoms with E-state index in [0.717, 1.165) is 21.5 Å². The lowest BCUT2D eigenvalue weighted by Crippen LogP contribution is -2.04. The number of hydrogen-bond donors (Lipinski definition) is 2. The van der Waals surface area contributed by atoms with Crippen LogP contribution in [0.1, 0.15) is 21.7 Å². The number of nitrogens with zero attached hydrogens (tertiary/aromatic N) is 1. The molecule has 2 rings (SSSR count). The van der Waals surface area contributed by atoms with Crippen LogP contribution in [-0.2, 0) is 6.54 Å². The zero-order chi connectivity index (χ0) is 13.8. The van der Waals surface area contributed by atoms with Crippen molar-refractivity contribution in [3.63, 3.8) is 0 Å².